The third-order valence-corrected chi connectivity index (χ3v) is 2.36. The molecule has 0 spiro atoms. The van der Waals surface area contributed by atoms with Crippen molar-refractivity contribution in [3.05, 3.63) is 11.4 Å². The van der Waals surface area contributed by atoms with E-state index in [2.05, 4.69) is 10.2 Å². The van der Waals surface area contributed by atoms with E-state index in [1.54, 1.807) is 11.8 Å². The van der Waals surface area contributed by atoms with Crippen LogP contribution in [-0.4, -0.2) is 34.1 Å². The van der Waals surface area contributed by atoms with Gasteiger partial charge in [-0.2, -0.15) is 10.4 Å². The summed E-state index contributed by atoms with van der Waals surface area (Å²) in [6.07, 6.45) is 0.308. The summed E-state index contributed by atoms with van der Waals surface area (Å²) in [7, 11) is 0. The molecule has 0 saturated carbocycles. The third kappa shape index (κ3) is 2.31. The van der Waals surface area contributed by atoms with Crippen molar-refractivity contribution in [2.45, 2.75) is 20.3 Å². The summed E-state index contributed by atoms with van der Waals surface area (Å²) in [5, 5.41) is 15.0. The van der Waals surface area contributed by atoms with Crippen molar-refractivity contribution in [2.75, 3.05) is 18.8 Å². The number of nitrogens with zero attached hydrogens (tertiary/aromatic N) is 3. The Kier molecular flexibility index (Phi) is 3.89. The lowest BCUT2D eigenvalue weighted by Gasteiger charge is -2.18. The zero-order valence-electron chi connectivity index (χ0n) is 9.45. The van der Waals surface area contributed by atoms with E-state index in [0.717, 1.165) is 0 Å². The van der Waals surface area contributed by atoms with Gasteiger partial charge in [0.15, 0.2) is 5.69 Å². The average molecular weight is 221 g/mol. The number of nitrogens with one attached hydrogen (secondary N) is 1. The highest BCUT2D eigenvalue weighted by Crippen LogP contribution is 2.14. The van der Waals surface area contributed by atoms with Crippen molar-refractivity contribution in [1.29, 1.82) is 5.26 Å². The standard InChI is InChI=1S/C10H15N5O/c1-3-15(6-4-5-11)10(16)9-8(12)7(2)13-14-9/h3-4,6,12H2,1-2H3,(H,13,14). The Balaban J connectivity index is 2.83. The van der Waals surface area contributed by atoms with E-state index >= 15 is 0 Å². The van der Waals surface area contributed by atoms with Crippen LogP contribution in [0.15, 0.2) is 0 Å². The van der Waals surface area contributed by atoms with Crippen molar-refractivity contribution in [2.24, 2.45) is 0 Å². The van der Waals surface area contributed by atoms with Crippen molar-refractivity contribution in [3.8, 4) is 6.07 Å². The van der Waals surface area contributed by atoms with Crippen LogP contribution in [0.4, 0.5) is 5.69 Å². The van der Waals surface area contributed by atoms with Gasteiger partial charge in [0, 0.05) is 13.1 Å². The first kappa shape index (κ1) is 12.0. The lowest BCUT2D eigenvalue weighted by molar-refractivity contribution is 0.0763. The molecule has 16 heavy (non-hydrogen) atoms. The van der Waals surface area contributed by atoms with E-state index in [0.29, 0.717) is 30.9 Å². The molecular formula is C10H15N5O. The van der Waals surface area contributed by atoms with Crippen LogP contribution in [0.3, 0.4) is 0 Å². The molecule has 0 fully saturated rings. The number of anilines is 1. The molecule has 3 N–H and O–H groups in total. The number of hydrogen-bond donors (Lipinski definition) is 2. The second kappa shape index (κ2) is 5.16. The first-order valence-electron chi connectivity index (χ1n) is 5.08. The second-order valence-corrected chi connectivity index (χ2v) is 3.40. The minimum absolute atomic E-state index is 0.234. The topological polar surface area (TPSA) is 98.8 Å². The molecule has 0 atom stereocenters. The molecule has 1 aromatic rings. The van der Waals surface area contributed by atoms with Gasteiger partial charge in [0.1, 0.15) is 0 Å². The Bertz CT molecular complexity index is 417. The summed E-state index contributed by atoms with van der Waals surface area (Å²) >= 11 is 0. The Hall–Kier alpha value is -2.03. The minimum atomic E-state index is -0.236. The monoisotopic (exact) mass is 221 g/mol. The van der Waals surface area contributed by atoms with E-state index in [9.17, 15) is 4.79 Å². The molecule has 0 radical (unpaired) electrons. The largest absolute Gasteiger partial charge is 0.395 e. The number of hydrogen-bond acceptors (Lipinski definition) is 4. The fourth-order valence-electron chi connectivity index (χ4n) is 1.34. The van der Waals surface area contributed by atoms with Gasteiger partial charge in [0.05, 0.1) is 23.9 Å². The first-order chi connectivity index (χ1) is 7.61. The molecule has 0 aliphatic carbocycles. The average Bonchev–Trinajstić information content (AvgIpc) is 2.60. The van der Waals surface area contributed by atoms with Crippen molar-refractivity contribution < 1.29 is 4.79 Å². The molecule has 0 unspecified atom stereocenters. The smallest absolute Gasteiger partial charge is 0.276 e. The van der Waals surface area contributed by atoms with E-state index < -0.39 is 0 Å². The highest BCUT2D eigenvalue weighted by atomic mass is 16.2. The summed E-state index contributed by atoms with van der Waals surface area (Å²) in [6, 6.07) is 2.01. The third-order valence-electron chi connectivity index (χ3n) is 2.36. The van der Waals surface area contributed by atoms with Crippen LogP contribution in [0.5, 0.6) is 0 Å². The van der Waals surface area contributed by atoms with Gasteiger partial charge < -0.3 is 10.6 Å². The molecule has 6 heteroatoms. The molecule has 0 bridgehead atoms. The maximum atomic E-state index is 12.0. The van der Waals surface area contributed by atoms with Crippen molar-refractivity contribution in [3.63, 3.8) is 0 Å². The van der Waals surface area contributed by atoms with Crippen LogP contribution in [-0.2, 0) is 0 Å². The van der Waals surface area contributed by atoms with Crippen LogP contribution in [0, 0.1) is 18.3 Å². The summed E-state index contributed by atoms with van der Waals surface area (Å²) in [6.45, 7) is 4.54. The zero-order chi connectivity index (χ0) is 12.1. The molecular weight excluding hydrogens is 206 g/mol. The summed E-state index contributed by atoms with van der Waals surface area (Å²) in [5.41, 5.74) is 7.01. The number of carbonyl (C=O) groups excluding carboxylic acids is 1. The van der Waals surface area contributed by atoms with Crippen LogP contribution in [0.1, 0.15) is 29.5 Å². The number of nitrogen functional groups attached to an aromatic ring is 1. The highest BCUT2D eigenvalue weighted by molar-refractivity contribution is 5.97. The molecule has 1 rings (SSSR count). The number of H-pyrrole nitrogens is 1. The lowest BCUT2D eigenvalue weighted by atomic mass is 10.2. The predicted octanol–water partition coefficient (Wildman–Crippen LogP) is 0.676. The molecule has 0 saturated heterocycles. The zero-order valence-corrected chi connectivity index (χ0v) is 9.45. The number of nitriles is 1. The van der Waals surface area contributed by atoms with Gasteiger partial charge in [-0.25, -0.2) is 0 Å². The van der Waals surface area contributed by atoms with Gasteiger partial charge in [0.2, 0.25) is 0 Å². The minimum Gasteiger partial charge on any atom is -0.395 e. The summed E-state index contributed by atoms with van der Waals surface area (Å²) in [4.78, 5) is 13.5. The Morgan fingerprint density at radius 3 is 2.81 bits per heavy atom. The number of amides is 1. The Morgan fingerprint density at radius 2 is 2.38 bits per heavy atom. The van der Waals surface area contributed by atoms with Gasteiger partial charge in [-0.1, -0.05) is 0 Å². The van der Waals surface area contributed by atoms with Crippen LogP contribution >= 0.6 is 0 Å². The molecule has 1 aromatic heterocycles. The van der Waals surface area contributed by atoms with Crippen LogP contribution in [0.2, 0.25) is 0 Å². The number of aromatic amines is 1. The molecule has 86 valence electrons. The van der Waals surface area contributed by atoms with Crippen LogP contribution < -0.4 is 5.73 Å². The molecule has 6 nitrogen and oxygen atoms in total. The van der Waals surface area contributed by atoms with Gasteiger partial charge in [-0.05, 0) is 13.8 Å². The van der Waals surface area contributed by atoms with Crippen molar-refractivity contribution >= 4 is 11.6 Å². The molecule has 1 amide bonds. The number of aryl methyl sites for hydroxylation is 1. The molecule has 0 aromatic carbocycles. The molecule has 1 heterocycles. The van der Waals surface area contributed by atoms with E-state index in [1.807, 2.05) is 13.0 Å². The summed E-state index contributed by atoms with van der Waals surface area (Å²) < 4.78 is 0. The fourth-order valence-corrected chi connectivity index (χ4v) is 1.34. The summed E-state index contributed by atoms with van der Waals surface area (Å²) in [5.74, 6) is -0.236. The normalized spacial score (nSPS) is 9.81. The first-order valence-corrected chi connectivity index (χ1v) is 5.08. The molecule has 0 aliphatic rings. The quantitative estimate of drug-likeness (QED) is 0.780. The molecule has 0 aliphatic heterocycles. The Labute approximate surface area is 94.0 Å². The number of carbonyl (C=O) groups is 1. The van der Waals surface area contributed by atoms with Gasteiger partial charge >= 0.3 is 0 Å². The highest BCUT2D eigenvalue weighted by Gasteiger charge is 2.20. The Morgan fingerprint density at radius 1 is 1.69 bits per heavy atom. The van der Waals surface area contributed by atoms with E-state index in [-0.39, 0.29) is 11.6 Å². The maximum absolute atomic E-state index is 12.0. The van der Waals surface area contributed by atoms with Gasteiger partial charge in [-0.3, -0.25) is 9.89 Å². The fraction of sp³-hybridized carbons (Fsp3) is 0.500. The van der Waals surface area contributed by atoms with Gasteiger partial charge in [0.25, 0.3) is 5.91 Å². The second-order valence-electron chi connectivity index (χ2n) is 3.40. The number of aromatic nitrogens is 2. The predicted molar refractivity (Wildman–Crippen MR) is 59.5 cm³/mol. The van der Waals surface area contributed by atoms with E-state index in [1.165, 1.54) is 0 Å². The van der Waals surface area contributed by atoms with Gasteiger partial charge in [-0.15, -0.1) is 0 Å². The lowest BCUT2D eigenvalue weighted by Crippen LogP contribution is -2.32. The maximum Gasteiger partial charge on any atom is 0.276 e. The van der Waals surface area contributed by atoms with E-state index in [4.69, 9.17) is 11.0 Å². The van der Waals surface area contributed by atoms with Crippen molar-refractivity contribution in [1.82, 2.24) is 15.1 Å². The number of nitrogens with two attached hydrogens (primary N) is 1. The van der Waals surface area contributed by atoms with Crippen LogP contribution in [0.25, 0.3) is 0 Å². The SMILES string of the molecule is CCN(CCC#N)C(=O)c1n[nH]c(C)c1N. The number of rotatable bonds is 4.